The van der Waals surface area contributed by atoms with Gasteiger partial charge in [0.1, 0.15) is 10.5 Å². The maximum Gasteiger partial charge on any atom is 0.140 e. The predicted molar refractivity (Wildman–Crippen MR) is 69.5 cm³/mol. The van der Waals surface area contributed by atoms with Gasteiger partial charge in [-0.1, -0.05) is 12.2 Å². The molecule has 82 valence electrons. The van der Waals surface area contributed by atoms with Crippen LogP contribution in [0.15, 0.2) is 10.8 Å². The summed E-state index contributed by atoms with van der Waals surface area (Å²) >= 11 is 7.06. The van der Waals surface area contributed by atoms with E-state index < -0.39 is 0 Å². The zero-order chi connectivity index (χ0) is 11.1. The molecule has 0 spiro atoms. The molecule has 0 aliphatic heterocycles. The molecular formula is C12H12N2S2. The normalized spacial score (nSPS) is 14.1. The quantitative estimate of drug-likeness (QED) is 0.780. The summed E-state index contributed by atoms with van der Waals surface area (Å²) in [7, 11) is 0. The van der Waals surface area contributed by atoms with Crippen molar-refractivity contribution in [2.24, 2.45) is 0 Å². The van der Waals surface area contributed by atoms with Crippen LogP contribution in [-0.4, -0.2) is 9.97 Å². The van der Waals surface area contributed by atoms with Gasteiger partial charge in [-0.15, -0.1) is 0 Å². The Morgan fingerprint density at radius 2 is 2.25 bits per heavy atom. The molecule has 0 radical (unpaired) electrons. The molecule has 0 saturated carbocycles. The van der Waals surface area contributed by atoms with Gasteiger partial charge in [-0.2, -0.15) is 11.3 Å². The van der Waals surface area contributed by atoms with E-state index in [4.69, 9.17) is 12.2 Å². The average Bonchev–Trinajstić information content (AvgIpc) is 2.85. The number of hydrogen-bond donors (Lipinski definition) is 1. The summed E-state index contributed by atoms with van der Waals surface area (Å²) in [6.45, 7) is 2.11. The number of thiophene rings is 1. The summed E-state index contributed by atoms with van der Waals surface area (Å²) < 4.78 is 0.784. The number of aromatic amines is 1. The molecular weight excluding hydrogens is 236 g/mol. The molecule has 16 heavy (non-hydrogen) atoms. The van der Waals surface area contributed by atoms with Crippen molar-refractivity contribution < 1.29 is 0 Å². The van der Waals surface area contributed by atoms with Crippen LogP contribution in [0.25, 0.3) is 11.4 Å². The van der Waals surface area contributed by atoms with E-state index in [0.29, 0.717) is 0 Å². The molecule has 0 bridgehead atoms. The zero-order valence-electron chi connectivity index (χ0n) is 9.04. The summed E-state index contributed by atoms with van der Waals surface area (Å²) in [6, 6.07) is 0. The topological polar surface area (TPSA) is 28.7 Å². The minimum atomic E-state index is 0.784. The first-order valence-corrected chi connectivity index (χ1v) is 6.76. The van der Waals surface area contributed by atoms with Crippen molar-refractivity contribution >= 4 is 23.6 Å². The molecule has 0 aromatic carbocycles. The highest BCUT2D eigenvalue weighted by atomic mass is 32.1. The second-order valence-corrected chi connectivity index (χ2v) is 5.30. The molecule has 1 aliphatic rings. The minimum absolute atomic E-state index is 0.784. The van der Waals surface area contributed by atoms with E-state index >= 15 is 0 Å². The molecule has 0 unspecified atom stereocenters. The number of nitrogens with one attached hydrogen (secondary N) is 1. The monoisotopic (exact) mass is 248 g/mol. The van der Waals surface area contributed by atoms with Gasteiger partial charge in [0, 0.05) is 22.2 Å². The summed E-state index contributed by atoms with van der Waals surface area (Å²) in [4.78, 5) is 7.95. The number of nitrogens with zero attached hydrogens (tertiary/aromatic N) is 1. The molecule has 0 fully saturated rings. The van der Waals surface area contributed by atoms with Crippen molar-refractivity contribution in [3.05, 3.63) is 32.2 Å². The average molecular weight is 248 g/mol. The van der Waals surface area contributed by atoms with Crippen LogP contribution in [0.5, 0.6) is 0 Å². The number of rotatable bonds is 1. The fraction of sp³-hybridized carbons (Fsp3) is 0.333. The van der Waals surface area contributed by atoms with E-state index in [-0.39, 0.29) is 0 Å². The Kier molecular flexibility index (Phi) is 2.41. The van der Waals surface area contributed by atoms with Crippen molar-refractivity contribution in [3.8, 4) is 11.4 Å². The lowest BCUT2D eigenvalue weighted by atomic mass is 10.2. The number of aromatic nitrogens is 2. The van der Waals surface area contributed by atoms with Gasteiger partial charge in [-0.05, 0) is 37.1 Å². The molecule has 2 heterocycles. The lowest BCUT2D eigenvalue weighted by Crippen LogP contribution is -1.97. The van der Waals surface area contributed by atoms with Gasteiger partial charge < -0.3 is 4.98 Å². The predicted octanol–water partition coefficient (Wildman–Crippen LogP) is 3.66. The van der Waals surface area contributed by atoms with Crippen LogP contribution < -0.4 is 0 Å². The summed E-state index contributed by atoms with van der Waals surface area (Å²) in [5.41, 5.74) is 5.00. The number of H-pyrrole nitrogens is 1. The van der Waals surface area contributed by atoms with Crippen LogP contribution in [0, 0.1) is 11.6 Å². The first-order chi connectivity index (χ1) is 7.75. The standard InChI is InChI=1S/C12H12N2S2/c1-7-5-16-6-9(7)11-13-10-4-2-3-8(10)12(15)14-11/h5-6H,2-4H2,1H3,(H,13,14,15). The van der Waals surface area contributed by atoms with E-state index in [1.165, 1.54) is 28.8 Å². The van der Waals surface area contributed by atoms with Gasteiger partial charge in [0.25, 0.3) is 0 Å². The number of hydrogen-bond acceptors (Lipinski definition) is 3. The highest BCUT2D eigenvalue weighted by Gasteiger charge is 2.16. The highest BCUT2D eigenvalue weighted by molar-refractivity contribution is 7.71. The summed E-state index contributed by atoms with van der Waals surface area (Å²) in [6.07, 6.45) is 3.39. The molecule has 0 amide bonds. The zero-order valence-corrected chi connectivity index (χ0v) is 10.7. The minimum Gasteiger partial charge on any atom is -0.343 e. The van der Waals surface area contributed by atoms with Crippen LogP contribution in [0.3, 0.4) is 0 Å². The maximum atomic E-state index is 5.36. The molecule has 1 aliphatic carbocycles. The second kappa shape index (κ2) is 3.79. The van der Waals surface area contributed by atoms with Gasteiger partial charge in [0.15, 0.2) is 0 Å². The van der Waals surface area contributed by atoms with Crippen molar-refractivity contribution in [1.82, 2.24) is 9.97 Å². The first-order valence-electron chi connectivity index (χ1n) is 5.41. The van der Waals surface area contributed by atoms with Crippen molar-refractivity contribution in [3.63, 3.8) is 0 Å². The van der Waals surface area contributed by atoms with Crippen molar-refractivity contribution in [2.75, 3.05) is 0 Å². The van der Waals surface area contributed by atoms with Crippen molar-refractivity contribution in [1.29, 1.82) is 0 Å². The largest absolute Gasteiger partial charge is 0.343 e. The molecule has 0 saturated heterocycles. The third kappa shape index (κ3) is 1.53. The number of fused-ring (bicyclic) bond motifs is 1. The van der Waals surface area contributed by atoms with Crippen LogP contribution in [0.4, 0.5) is 0 Å². The third-order valence-electron chi connectivity index (χ3n) is 3.07. The van der Waals surface area contributed by atoms with E-state index in [1.54, 1.807) is 11.3 Å². The molecule has 4 heteroatoms. The van der Waals surface area contributed by atoms with Crippen LogP contribution in [-0.2, 0) is 12.8 Å². The Morgan fingerprint density at radius 1 is 1.38 bits per heavy atom. The van der Waals surface area contributed by atoms with E-state index in [1.807, 2.05) is 0 Å². The number of aryl methyl sites for hydroxylation is 2. The molecule has 0 atom stereocenters. The Balaban J connectivity index is 2.21. The van der Waals surface area contributed by atoms with Gasteiger partial charge in [0.2, 0.25) is 0 Å². The van der Waals surface area contributed by atoms with Crippen LogP contribution >= 0.6 is 23.6 Å². The fourth-order valence-corrected chi connectivity index (χ4v) is 3.34. The second-order valence-electron chi connectivity index (χ2n) is 4.17. The Hall–Kier alpha value is -1.00. The smallest absolute Gasteiger partial charge is 0.140 e. The maximum absolute atomic E-state index is 5.36. The Bertz CT molecular complexity index is 595. The lowest BCUT2D eigenvalue weighted by Gasteiger charge is -2.05. The van der Waals surface area contributed by atoms with E-state index in [2.05, 4.69) is 27.7 Å². The van der Waals surface area contributed by atoms with Crippen LogP contribution in [0.1, 0.15) is 23.2 Å². The third-order valence-corrected chi connectivity index (χ3v) is 4.27. The summed E-state index contributed by atoms with van der Waals surface area (Å²) in [5, 5.41) is 4.27. The Morgan fingerprint density at radius 3 is 3.00 bits per heavy atom. The van der Waals surface area contributed by atoms with Crippen LogP contribution in [0.2, 0.25) is 0 Å². The molecule has 2 aromatic heterocycles. The van der Waals surface area contributed by atoms with Crippen molar-refractivity contribution in [2.45, 2.75) is 26.2 Å². The molecule has 2 nitrogen and oxygen atoms in total. The van der Waals surface area contributed by atoms with E-state index in [9.17, 15) is 0 Å². The lowest BCUT2D eigenvalue weighted by molar-refractivity contribution is 0.899. The molecule has 2 aromatic rings. The molecule has 3 rings (SSSR count). The summed E-state index contributed by atoms with van der Waals surface area (Å²) in [5.74, 6) is 0.935. The van der Waals surface area contributed by atoms with E-state index in [0.717, 1.165) is 23.3 Å². The highest BCUT2D eigenvalue weighted by Crippen LogP contribution is 2.27. The van der Waals surface area contributed by atoms with Gasteiger partial charge in [0.05, 0.1) is 0 Å². The van der Waals surface area contributed by atoms with Gasteiger partial charge >= 0.3 is 0 Å². The molecule has 1 N–H and O–H groups in total. The first kappa shape index (κ1) is 10.2. The van der Waals surface area contributed by atoms with Gasteiger partial charge in [-0.25, -0.2) is 4.98 Å². The van der Waals surface area contributed by atoms with Gasteiger partial charge in [-0.3, -0.25) is 0 Å². The Labute approximate surface area is 103 Å². The SMILES string of the molecule is Cc1cscc1-c1nc(=S)c2c([nH]1)CCC2. The fourth-order valence-electron chi connectivity index (χ4n) is 2.19.